The highest BCUT2D eigenvalue weighted by atomic mass is 16.6. The molecule has 1 aliphatic heterocycles. The summed E-state index contributed by atoms with van der Waals surface area (Å²) in [5.41, 5.74) is 7.81. The number of aromatic hydroxyl groups is 1. The van der Waals surface area contributed by atoms with Gasteiger partial charge in [0.2, 0.25) is 5.56 Å². The monoisotopic (exact) mass is 723 g/mol. The second-order valence-electron chi connectivity index (χ2n) is 13.7. The number of rotatable bonds is 13. The molecule has 1 saturated heterocycles. The Labute approximate surface area is 314 Å². The van der Waals surface area contributed by atoms with Crippen molar-refractivity contribution in [3.05, 3.63) is 154 Å². The van der Waals surface area contributed by atoms with Crippen LogP contribution >= 0.6 is 0 Å². The van der Waals surface area contributed by atoms with E-state index in [2.05, 4.69) is 68.3 Å². The lowest BCUT2D eigenvalue weighted by Crippen LogP contribution is -2.38. The Morgan fingerprint density at radius 3 is 2.35 bits per heavy atom. The van der Waals surface area contributed by atoms with Crippen LogP contribution in [0.3, 0.4) is 0 Å². The number of fused-ring (bicyclic) bond motifs is 1. The second-order valence-corrected chi connectivity index (χ2v) is 13.7. The van der Waals surface area contributed by atoms with Gasteiger partial charge in [-0.1, -0.05) is 84.9 Å². The highest BCUT2D eigenvalue weighted by Gasteiger charge is 2.23. The molecule has 1 aliphatic rings. The summed E-state index contributed by atoms with van der Waals surface area (Å²) in [7, 11) is 0. The van der Waals surface area contributed by atoms with Gasteiger partial charge >= 0.3 is 6.09 Å². The van der Waals surface area contributed by atoms with Gasteiger partial charge < -0.3 is 30.6 Å². The number of hydrogen-bond acceptors (Lipinski definition) is 8. The summed E-state index contributed by atoms with van der Waals surface area (Å²) in [6.07, 6.45) is 0.973. The molecule has 276 valence electrons. The molecule has 6 N–H and O–H groups in total. The van der Waals surface area contributed by atoms with Gasteiger partial charge in [-0.15, -0.1) is 0 Å². The van der Waals surface area contributed by atoms with Crippen LogP contribution in [0.1, 0.15) is 35.6 Å². The number of likely N-dealkylation sites (tertiary alicyclic amines) is 1. The van der Waals surface area contributed by atoms with Crippen LogP contribution in [0.4, 0.5) is 21.9 Å². The van der Waals surface area contributed by atoms with Crippen molar-refractivity contribution in [1.82, 2.24) is 15.2 Å². The fourth-order valence-electron chi connectivity index (χ4n) is 7.00. The predicted molar refractivity (Wildman–Crippen MR) is 214 cm³/mol. The molecule has 0 spiro atoms. The van der Waals surface area contributed by atoms with Crippen LogP contribution in [0.25, 0.3) is 22.0 Å². The van der Waals surface area contributed by atoms with Crippen LogP contribution < -0.4 is 21.5 Å². The maximum absolute atomic E-state index is 12.9. The minimum Gasteiger partial charge on any atom is -0.506 e. The van der Waals surface area contributed by atoms with Gasteiger partial charge in [-0.05, 0) is 84.5 Å². The zero-order valence-corrected chi connectivity index (χ0v) is 30.0. The summed E-state index contributed by atoms with van der Waals surface area (Å²) in [5, 5.41) is 31.5. The van der Waals surface area contributed by atoms with E-state index >= 15 is 0 Å². The number of aromatic amines is 1. The van der Waals surface area contributed by atoms with Gasteiger partial charge in [0.1, 0.15) is 11.9 Å². The smallest absolute Gasteiger partial charge is 0.411 e. The number of phenolic OH excluding ortho intramolecular Hbond substituents is 1. The van der Waals surface area contributed by atoms with Gasteiger partial charge in [0, 0.05) is 54.6 Å². The minimum absolute atomic E-state index is 0.0272. The van der Waals surface area contributed by atoms with Crippen LogP contribution in [0.2, 0.25) is 0 Å². The summed E-state index contributed by atoms with van der Waals surface area (Å²) in [4.78, 5) is 29.6. The molecule has 10 nitrogen and oxygen atoms in total. The lowest BCUT2D eigenvalue weighted by molar-refractivity contribution is 0.0567. The summed E-state index contributed by atoms with van der Waals surface area (Å²) in [6.45, 7) is 3.46. The van der Waals surface area contributed by atoms with Crippen LogP contribution in [0, 0.1) is 0 Å². The first-order valence-corrected chi connectivity index (χ1v) is 18.4. The molecule has 0 unspecified atom stereocenters. The molecular weight excluding hydrogens is 679 g/mol. The average Bonchev–Trinajstić information content (AvgIpc) is 3.19. The Morgan fingerprint density at radius 2 is 1.56 bits per heavy atom. The number of H-pyrrole nitrogens is 1. The van der Waals surface area contributed by atoms with Crippen LogP contribution in [-0.4, -0.2) is 58.5 Å². The van der Waals surface area contributed by atoms with E-state index in [9.17, 15) is 19.8 Å². The Kier molecular flexibility index (Phi) is 11.6. The first-order chi connectivity index (χ1) is 26.4. The molecule has 1 amide bonds. The number of aliphatic hydroxyl groups is 1. The maximum Gasteiger partial charge on any atom is 0.411 e. The third-order valence-electron chi connectivity index (χ3n) is 9.90. The minimum atomic E-state index is -0.800. The summed E-state index contributed by atoms with van der Waals surface area (Å²) in [6, 6.07) is 40.7. The Balaban J connectivity index is 0.857. The molecule has 6 aromatic rings. The standard InChI is InChI=1S/C44H45N5O5/c50-40-20-18-36(37-19-21-42(52)48-43(37)40)41(51)28-45-25-22-30-14-16-33(17-15-30)46-38-12-6-4-10-32(38)29-49-26-23-34(24-27-49)54-44(53)47-39-13-7-5-11-35(39)31-8-2-1-3-9-31/h1-21,34,41,45-46,50-51H,22-29H2,(H,47,53)(H,48,52)/t41-/m1/s1. The van der Waals surface area contributed by atoms with E-state index in [0.717, 1.165) is 67.1 Å². The predicted octanol–water partition coefficient (Wildman–Crippen LogP) is 7.72. The number of phenols is 1. The first kappa shape index (κ1) is 36.4. The normalized spacial score (nSPS) is 14.1. The van der Waals surface area contributed by atoms with Crippen molar-refractivity contribution >= 4 is 34.1 Å². The van der Waals surface area contributed by atoms with Crippen LogP contribution in [0.5, 0.6) is 5.75 Å². The van der Waals surface area contributed by atoms with E-state index in [0.29, 0.717) is 29.6 Å². The molecule has 0 bridgehead atoms. The molecule has 0 radical (unpaired) electrons. The molecular formula is C44H45N5O5. The quantitative estimate of drug-likeness (QED) is 0.0667. The van der Waals surface area contributed by atoms with Crippen LogP contribution in [0.15, 0.2) is 132 Å². The first-order valence-electron chi connectivity index (χ1n) is 18.4. The summed E-state index contributed by atoms with van der Waals surface area (Å²) < 4.78 is 5.86. The highest BCUT2D eigenvalue weighted by Crippen LogP contribution is 2.30. The Morgan fingerprint density at radius 1 is 0.833 bits per heavy atom. The molecule has 7 rings (SSSR count). The molecule has 54 heavy (non-hydrogen) atoms. The number of anilines is 3. The highest BCUT2D eigenvalue weighted by molar-refractivity contribution is 5.91. The molecule has 5 aromatic carbocycles. The molecule has 0 aliphatic carbocycles. The van der Waals surface area contributed by atoms with Crippen molar-refractivity contribution in [2.75, 3.05) is 36.8 Å². The number of para-hydroxylation sites is 2. The number of benzene rings is 5. The number of ether oxygens (including phenoxy) is 1. The van der Waals surface area contributed by atoms with Gasteiger partial charge in [-0.25, -0.2) is 4.79 Å². The fourth-order valence-corrected chi connectivity index (χ4v) is 7.00. The maximum atomic E-state index is 12.9. The van der Waals surface area contributed by atoms with Crippen molar-refractivity contribution in [1.29, 1.82) is 0 Å². The number of piperidine rings is 1. The van der Waals surface area contributed by atoms with Crippen molar-refractivity contribution in [2.45, 2.75) is 38.0 Å². The molecule has 1 fully saturated rings. The number of pyridine rings is 1. The third-order valence-corrected chi connectivity index (χ3v) is 9.90. The van der Waals surface area contributed by atoms with E-state index in [1.54, 1.807) is 12.1 Å². The number of carbonyl (C=O) groups excluding carboxylic acids is 1. The number of aliphatic hydroxyl groups excluding tert-OH is 1. The number of amides is 1. The zero-order valence-electron chi connectivity index (χ0n) is 30.0. The van der Waals surface area contributed by atoms with E-state index in [1.807, 2.05) is 60.7 Å². The number of aromatic nitrogens is 1. The van der Waals surface area contributed by atoms with E-state index in [4.69, 9.17) is 4.74 Å². The lowest BCUT2D eigenvalue weighted by atomic mass is 10.0. The fraction of sp³-hybridized carbons (Fsp3) is 0.227. The number of nitrogens with zero attached hydrogens (tertiary/aromatic N) is 1. The second kappa shape index (κ2) is 17.3. The number of hydrogen-bond donors (Lipinski definition) is 6. The molecule has 2 heterocycles. The third kappa shape index (κ3) is 9.16. The van der Waals surface area contributed by atoms with E-state index in [1.165, 1.54) is 23.3 Å². The van der Waals surface area contributed by atoms with Gasteiger partial charge in [0.15, 0.2) is 0 Å². The number of nitrogens with one attached hydrogen (secondary N) is 4. The Hall–Kier alpha value is -5.94. The van der Waals surface area contributed by atoms with E-state index < -0.39 is 12.2 Å². The average molecular weight is 724 g/mol. The molecule has 1 atom stereocenters. The zero-order chi connectivity index (χ0) is 37.3. The largest absolute Gasteiger partial charge is 0.506 e. The topological polar surface area (TPSA) is 139 Å². The molecule has 10 heteroatoms. The lowest BCUT2D eigenvalue weighted by Gasteiger charge is -2.32. The van der Waals surface area contributed by atoms with Gasteiger partial charge in [0.25, 0.3) is 0 Å². The van der Waals surface area contributed by atoms with Crippen molar-refractivity contribution in [2.24, 2.45) is 0 Å². The van der Waals surface area contributed by atoms with Gasteiger partial charge in [0.05, 0.1) is 17.3 Å². The van der Waals surface area contributed by atoms with Crippen molar-refractivity contribution in [3.8, 4) is 16.9 Å². The summed E-state index contributed by atoms with van der Waals surface area (Å²) in [5.74, 6) is -0.0272. The SMILES string of the molecule is O=C(Nc1ccccc1-c1ccccc1)OC1CCN(Cc2ccccc2Nc2ccc(CCNC[C@@H](O)c3ccc(O)c4[nH]c(=O)ccc34)cc2)CC1. The van der Waals surface area contributed by atoms with Gasteiger partial charge in [-0.2, -0.15) is 0 Å². The Bertz CT molecular complexity index is 2230. The van der Waals surface area contributed by atoms with Crippen molar-refractivity contribution < 1.29 is 19.7 Å². The van der Waals surface area contributed by atoms with E-state index in [-0.39, 0.29) is 17.4 Å². The molecule has 1 aromatic heterocycles. The van der Waals surface area contributed by atoms with Crippen LogP contribution in [-0.2, 0) is 17.7 Å². The van der Waals surface area contributed by atoms with Gasteiger partial charge in [-0.3, -0.25) is 15.0 Å². The van der Waals surface area contributed by atoms with Crippen molar-refractivity contribution in [3.63, 3.8) is 0 Å². The molecule has 0 saturated carbocycles. The number of carbonyl (C=O) groups is 1. The summed E-state index contributed by atoms with van der Waals surface area (Å²) >= 11 is 0.